The van der Waals surface area contributed by atoms with Crippen molar-refractivity contribution in [3.63, 3.8) is 0 Å². The lowest BCUT2D eigenvalue weighted by Crippen LogP contribution is -1.97. The summed E-state index contributed by atoms with van der Waals surface area (Å²) in [7, 11) is 0. The van der Waals surface area contributed by atoms with Crippen molar-refractivity contribution in [1.29, 1.82) is 0 Å². The Labute approximate surface area is 171 Å². The molecule has 0 aliphatic carbocycles. The molecule has 1 nitrogen and oxygen atoms in total. The minimum Gasteiger partial charge on any atom is -0.492 e. The summed E-state index contributed by atoms with van der Waals surface area (Å²) in [6.07, 6.45) is 12.6. The van der Waals surface area contributed by atoms with E-state index in [4.69, 9.17) is 16.3 Å². The van der Waals surface area contributed by atoms with Gasteiger partial charge in [0.15, 0.2) is 0 Å². The Balaban J connectivity index is 1.85. The first kappa shape index (κ1) is 21.8. The first-order chi connectivity index (χ1) is 13.2. The van der Waals surface area contributed by atoms with Gasteiger partial charge in [-0.2, -0.15) is 0 Å². The molecule has 0 unspecified atom stereocenters. The fraction of sp³-hybridized carbons (Fsp3) is 0.520. The average Bonchev–Trinajstić information content (AvgIpc) is 2.69. The SMILES string of the molecule is CCCCCCCc1ccc(-c2ccc(OCCCCCC)c(Cl)c2)cc1. The second-order valence-electron chi connectivity index (χ2n) is 7.42. The third kappa shape index (κ3) is 7.97. The molecule has 0 radical (unpaired) electrons. The van der Waals surface area contributed by atoms with E-state index in [-0.39, 0.29) is 0 Å². The molecule has 27 heavy (non-hydrogen) atoms. The topological polar surface area (TPSA) is 9.23 Å². The minimum absolute atomic E-state index is 0.697. The molecular formula is C25H35ClO. The van der Waals surface area contributed by atoms with Crippen molar-refractivity contribution < 1.29 is 4.74 Å². The number of unbranched alkanes of at least 4 members (excludes halogenated alkanes) is 7. The molecule has 2 aromatic rings. The Morgan fingerprint density at radius 1 is 0.704 bits per heavy atom. The molecule has 0 saturated carbocycles. The second-order valence-corrected chi connectivity index (χ2v) is 7.82. The van der Waals surface area contributed by atoms with Gasteiger partial charge in [0.2, 0.25) is 0 Å². The van der Waals surface area contributed by atoms with E-state index in [2.05, 4.69) is 44.2 Å². The van der Waals surface area contributed by atoms with Gasteiger partial charge in [-0.25, -0.2) is 0 Å². The Morgan fingerprint density at radius 2 is 1.33 bits per heavy atom. The van der Waals surface area contributed by atoms with Gasteiger partial charge in [0, 0.05) is 0 Å². The van der Waals surface area contributed by atoms with Gasteiger partial charge in [-0.3, -0.25) is 0 Å². The summed E-state index contributed by atoms with van der Waals surface area (Å²) < 4.78 is 5.83. The number of hydrogen-bond acceptors (Lipinski definition) is 1. The van der Waals surface area contributed by atoms with E-state index in [0.717, 1.165) is 24.3 Å². The van der Waals surface area contributed by atoms with E-state index in [1.54, 1.807) is 0 Å². The van der Waals surface area contributed by atoms with Crippen LogP contribution in [0.5, 0.6) is 5.75 Å². The molecule has 0 amide bonds. The van der Waals surface area contributed by atoms with E-state index in [0.29, 0.717) is 5.02 Å². The van der Waals surface area contributed by atoms with Gasteiger partial charge in [-0.15, -0.1) is 0 Å². The molecule has 2 rings (SSSR count). The fourth-order valence-electron chi connectivity index (χ4n) is 3.30. The maximum atomic E-state index is 6.44. The lowest BCUT2D eigenvalue weighted by molar-refractivity contribution is 0.305. The van der Waals surface area contributed by atoms with Crippen LogP contribution in [0.4, 0.5) is 0 Å². The largest absolute Gasteiger partial charge is 0.492 e. The second kappa shape index (κ2) is 12.8. The lowest BCUT2D eigenvalue weighted by Gasteiger charge is -2.10. The molecule has 148 valence electrons. The quantitative estimate of drug-likeness (QED) is 0.313. The number of halogens is 1. The predicted molar refractivity (Wildman–Crippen MR) is 119 cm³/mol. The molecule has 0 fully saturated rings. The smallest absolute Gasteiger partial charge is 0.137 e. The molecule has 2 heteroatoms. The molecule has 0 atom stereocenters. The highest BCUT2D eigenvalue weighted by Gasteiger charge is 2.05. The molecule has 2 aromatic carbocycles. The lowest BCUT2D eigenvalue weighted by atomic mass is 10.0. The summed E-state index contributed by atoms with van der Waals surface area (Å²) in [6, 6.07) is 15.0. The number of aryl methyl sites for hydroxylation is 1. The molecule has 0 saturated heterocycles. The maximum Gasteiger partial charge on any atom is 0.137 e. The summed E-state index contributed by atoms with van der Waals surface area (Å²) in [5.41, 5.74) is 3.78. The normalized spacial score (nSPS) is 10.9. The van der Waals surface area contributed by atoms with E-state index >= 15 is 0 Å². The van der Waals surface area contributed by atoms with Gasteiger partial charge in [0.05, 0.1) is 11.6 Å². The molecule has 0 spiro atoms. The predicted octanol–water partition coefficient (Wildman–Crippen LogP) is 8.48. The molecule has 0 aliphatic heterocycles. The van der Waals surface area contributed by atoms with E-state index in [1.165, 1.54) is 68.9 Å². The summed E-state index contributed by atoms with van der Waals surface area (Å²) in [5.74, 6) is 0.792. The van der Waals surface area contributed by atoms with Gasteiger partial charge in [-0.05, 0) is 48.1 Å². The maximum absolute atomic E-state index is 6.44. The van der Waals surface area contributed by atoms with Gasteiger partial charge in [0.1, 0.15) is 5.75 Å². The number of hydrogen-bond donors (Lipinski definition) is 0. The zero-order valence-corrected chi connectivity index (χ0v) is 17.9. The number of rotatable bonds is 13. The van der Waals surface area contributed by atoms with Crippen LogP contribution in [0.15, 0.2) is 42.5 Å². The Morgan fingerprint density at radius 3 is 2.00 bits per heavy atom. The van der Waals surface area contributed by atoms with Crippen molar-refractivity contribution in [2.75, 3.05) is 6.61 Å². The first-order valence-electron chi connectivity index (χ1n) is 10.8. The van der Waals surface area contributed by atoms with Crippen molar-refractivity contribution in [1.82, 2.24) is 0 Å². The molecule has 0 N–H and O–H groups in total. The summed E-state index contributed by atoms with van der Waals surface area (Å²) in [6.45, 7) is 5.22. The molecular weight excluding hydrogens is 352 g/mol. The van der Waals surface area contributed by atoms with E-state index in [1.807, 2.05) is 12.1 Å². The van der Waals surface area contributed by atoms with Crippen LogP contribution < -0.4 is 4.74 Å². The molecule has 0 aliphatic rings. The highest BCUT2D eigenvalue weighted by molar-refractivity contribution is 6.32. The third-order valence-corrected chi connectivity index (χ3v) is 5.34. The van der Waals surface area contributed by atoms with Crippen molar-refractivity contribution in [2.45, 2.75) is 78.1 Å². The highest BCUT2D eigenvalue weighted by atomic mass is 35.5. The van der Waals surface area contributed by atoms with Crippen LogP contribution in [-0.4, -0.2) is 6.61 Å². The first-order valence-corrected chi connectivity index (χ1v) is 11.1. The Bertz CT molecular complexity index is 648. The van der Waals surface area contributed by atoms with E-state index < -0.39 is 0 Å². The third-order valence-electron chi connectivity index (χ3n) is 5.04. The summed E-state index contributed by atoms with van der Waals surface area (Å²) in [5, 5.41) is 0.697. The number of benzene rings is 2. The van der Waals surface area contributed by atoms with Crippen molar-refractivity contribution >= 4 is 11.6 Å². The molecule has 0 heterocycles. The van der Waals surface area contributed by atoms with Crippen LogP contribution in [0.25, 0.3) is 11.1 Å². The monoisotopic (exact) mass is 386 g/mol. The fourth-order valence-corrected chi connectivity index (χ4v) is 3.54. The summed E-state index contributed by atoms with van der Waals surface area (Å²) >= 11 is 6.44. The molecule has 0 bridgehead atoms. The average molecular weight is 387 g/mol. The van der Waals surface area contributed by atoms with Crippen LogP contribution in [0.2, 0.25) is 5.02 Å². The van der Waals surface area contributed by atoms with Crippen LogP contribution in [0.3, 0.4) is 0 Å². The standard InChI is InChI=1S/C25H35ClO/c1-3-5-7-9-10-12-21-13-15-22(16-14-21)23-17-18-25(24(26)20-23)27-19-11-8-6-4-2/h13-18,20H,3-12,19H2,1-2H3. The Hall–Kier alpha value is -1.47. The van der Waals surface area contributed by atoms with Gasteiger partial charge in [-0.1, -0.05) is 101 Å². The highest BCUT2D eigenvalue weighted by Crippen LogP contribution is 2.31. The van der Waals surface area contributed by atoms with Crippen LogP contribution in [-0.2, 0) is 6.42 Å². The van der Waals surface area contributed by atoms with E-state index in [9.17, 15) is 0 Å². The van der Waals surface area contributed by atoms with Gasteiger partial charge < -0.3 is 4.74 Å². The van der Waals surface area contributed by atoms with Crippen molar-refractivity contribution in [3.8, 4) is 16.9 Å². The van der Waals surface area contributed by atoms with Crippen LogP contribution >= 0.6 is 11.6 Å². The Kier molecular flexibility index (Phi) is 10.4. The zero-order valence-electron chi connectivity index (χ0n) is 17.1. The zero-order chi connectivity index (χ0) is 19.3. The molecule has 0 aromatic heterocycles. The summed E-state index contributed by atoms with van der Waals surface area (Å²) in [4.78, 5) is 0. The van der Waals surface area contributed by atoms with Crippen LogP contribution in [0.1, 0.15) is 77.2 Å². The van der Waals surface area contributed by atoms with Crippen molar-refractivity contribution in [3.05, 3.63) is 53.1 Å². The number of ether oxygens (including phenoxy) is 1. The van der Waals surface area contributed by atoms with Crippen molar-refractivity contribution in [2.24, 2.45) is 0 Å². The van der Waals surface area contributed by atoms with Gasteiger partial charge >= 0.3 is 0 Å². The van der Waals surface area contributed by atoms with Crippen LogP contribution in [0, 0.1) is 0 Å². The van der Waals surface area contributed by atoms with Gasteiger partial charge in [0.25, 0.3) is 0 Å². The minimum atomic E-state index is 0.697.